The Morgan fingerprint density at radius 3 is 2.47 bits per heavy atom. The molecule has 1 amide bonds. The fraction of sp³-hybridized carbons (Fsp3) is 0.273. The Balaban J connectivity index is 2.98. The van der Waals surface area contributed by atoms with Gasteiger partial charge in [-0.1, -0.05) is 12.1 Å². The van der Waals surface area contributed by atoms with Gasteiger partial charge in [-0.3, -0.25) is 4.79 Å². The highest BCUT2D eigenvalue weighted by Gasteiger charge is 2.34. The van der Waals surface area contributed by atoms with Crippen molar-refractivity contribution in [3.8, 4) is 0 Å². The van der Waals surface area contributed by atoms with Crippen LogP contribution in [0.4, 0.5) is 13.2 Å². The molecule has 1 aromatic carbocycles. The van der Waals surface area contributed by atoms with Crippen molar-refractivity contribution in [2.24, 2.45) is 0 Å². The second-order valence-corrected chi connectivity index (χ2v) is 3.51. The number of carbonyl (C=O) groups is 1. The molecule has 17 heavy (non-hydrogen) atoms. The maximum absolute atomic E-state index is 12.6. The quantitative estimate of drug-likeness (QED) is 0.788. The molecule has 1 rings (SSSR count). The molecule has 2 N–H and O–H groups in total. The highest BCUT2D eigenvalue weighted by Crippen LogP contribution is 2.31. The molecule has 0 aromatic heterocycles. The summed E-state index contributed by atoms with van der Waals surface area (Å²) in [4.78, 5) is 11.5. The Hall–Kier alpha value is -1.85. The Morgan fingerprint density at radius 2 is 1.94 bits per heavy atom. The van der Waals surface area contributed by atoms with E-state index in [2.05, 4.69) is 5.32 Å². The number of amides is 1. The molecule has 0 aliphatic rings. The SMILES string of the molecule is CC(=N)CNC(=O)c1ccccc1C(F)(F)F. The summed E-state index contributed by atoms with van der Waals surface area (Å²) in [6.07, 6.45) is -4.56. The van der Waals surface area contributed by atoms with E-state index in [1.165, 1.54) is 19.1 Å². The van der Waals surface area contributed by atoms with Gasteiger partial charge in [-0.05, 0) is 19.1 Å². The number of hydrogen-bond donors (Lipinski definition) is 2. The average Bonchev–Trinajstić information content (AvgIpc) is 2.24. The van der Waals surface area contributed by atoms with Gasteiger partial charge in [-0.25, -0.2) is 0 Å². The van der Waals surface area contributed by atoms with Crippen LogP contribution in [0.25, 0.3) is 0 Å². The van der Waals surface area contributed by atoms with Crippen LogP contribution in [0, 0.1) is 5.41 Å². The van der Waals surface area contributed by atoms with E-state index >= 15 is 0 Å². The zero-order valence-electron chi connectivity index (χ0n) is 9.06. The van der Waals surface area contributed by atoms with Gasteiger partial charge in [0.15, 0.2) is 0 Å². The minimum Gasteiger partial charge on any atom is -0.347 e. The Labute approximate surface area is 96.1 Å². The summed E-state index contributed by atoms with van der Waals surface area (Å²) >= 11 is 0. The van der Waals surface area contributed by atoms with Crippen molar-refractivity contribution < 1.29 is 18.0 Å². The number of rotatable bonds is 3. The largest absolute Gasteiger partial charge is 0.417 e. The molecule has 0 heterocycles. The van der Waals surface area contributed by atoms with Gasteiger partial charge in [0.25, 0.3) is 5.91 Å². The fourth-order valence-corrected chi connectivity index (χ4v) is 1.24. The number of hydrogen-bond acceptors (Lipinski definition) is 2. The van der Waals surface area contributed by atoms with E-state index in [1.54, 1.807) is 0 Å². The number of alkyl halides is 3. The van der Waals surface area contributed by atoms with Gasteiger partial charge >= 0.3 is 6.18 Å². The van der Waals surface area contributed by atoms with Crippen molar-refractivity contribution in [1.82, 2.24) is 5.32 Å². The van der Waals surface area contributed by atoms with Gasteiger partial charge in [0.05, 0.1) is 17.7 Å². The Kier molecular flexibility index (Phi) is 3.88. The lowest BCUT2D eigenvalue weighted by molar-refractivity contribution is -0.137. The maximum atomic E-state index is 12.6. The summed E-state index contributed by atoms with van der Waals surface area (Å²) in [6, 6.07) is 4.55. The van der Waals surface area contributed by atoms with Crippen molar-refractivity contribution >= 4 is 11.6 Å². The summed E-state index contributed by atoms with van der Waals surface area (Å²) in [7, 11) is 0. The van der Waals surface area contributed by atoms with Crippen LogP contribution in [0.15, 0.2) is 24.3 Å². The summed E-state index contributed by atoms with van der Waals surface area (Å²) in [5.74, 6) is -0.829. The van der Waals surface area contributed by atoms with Gasteiger partial charge in [0, 0.05) is 5.71 Å². The Bertz CT molecular complexity index is 441. The van der Waals surface area contributed by atoms with E-state index in [9.17, 15) is 18.0 Å². The van der Waals surface area contributed by atoms with Gasteiger partial charge < -0.3 is 10.7 Å². The minimum atomic E-state index is -4.56. The zero-order valence-corrected chi connectivity index (χ0v) is 9.06. The van der Waals surface area contributed by atoms with Gasteiger partial charge in [-0.2, -0.15) is 13.2 Å². The molecule has 0 unspecified atom stereocenters. The van der Waals surface area contributed by atoms with Crippen LogP contribution in [0.3, 0.4) is 0 Å². The molecule has 0 bridgehead atoms. The lowest BCUT2D eigenvalue weighted by atomic mass is 10.1. The van der Waals surface area contributed by atoms with E-state index in [0.29, 0.717) is 0 Å². The normalized spacial score (nSPS) is 11.1. The third-order valence-electron chi connectivity index (χ3n) is 1.99. The first-order chi connectivity index (χ1) is 7.82. The molecular weight excluding hydrogens is 233 g/mol. The van der Waals surface area contributed by atoms with E-state index in [0.717, 1.165) is 12.1 Å². The second kappa shape index (κ2) is 4.99. The Morgan fingerprint density at radius 1 is 1.35 bits per heavy atom. The van der Waals surface area contributed by atoms with Crippen LogP contribution in [0.1, 0.15) is 22.8 Å². The van der Waals surface area contributed by atoms with Crippen LogP contribution in [0.2, 0.25) is 0 Å². The zero-order chi connectivity index (χ0) is 13.1. The number of carbonyl (C=O) groups excluding carboxylic acids is 1. The molecule has 0 aliphatic heterocycles. The predicted molar refractivity (Wildman–Crippen MR) is 57.2 cm³/mol. The third kappa shape index (κ3) is 3.58. The highest BCUT2D eigenvalue weighted by molar-refractivity contribution is 5.98. The van der Waals surface area contributed by atoms with Crippen LogP contribution in [-0.2, 0) is 6.18 Å². The van der Waals surface area contributed by atoms with Crippen molar-refractivity contribution in [2.75, 3.05) is 6.54 Å². The molecule has 3 nitrogen and oxygen atoms in total. The lowest BCUT2D eigenvalue weighted by Crippen LogP contribution is -2.29. The summed E-state index contributed by atoms with van der Waals surface area (Å²) in [5, 5.41) is 9.34. The molecule has 0 radical (unpaired) electrons. The first kappa shape index (κ1) is 13.2. The molecule has 0 fully saturated rings. The van der Waals surface area contributed by atoms with E-state index in [1.807, 2.05) is 0 Å². The maximum Gasteiger partial charge on any atom is 0.417 e. The van der Waals surface area contributed by atoms with Crippen molar-refractivity contribution in [3.63, 3.8) is 0 Å². The number of benzene rings is 1. The summed E-state index contributed by atoms with van der Waals surface area (Å²) in [6.45, 7) is 1.39. The van der Waals surface area contributed by atoms with E-state index < -0.39 is 23.2 Å². The van der Waals surface area contributed by atoms with Gasteiger partial charge in [-0.15, -0.1) is 0 Å². The van der Waals surface area contributed by atoms with Crippen LogP contribution >= 0.6 is 0 Å². The molecule has 1 aromatic rings. The monoisotopic (exact) mass is 244 g/mol. The molecular formula is C11H11F3N2O. The predicted octanol–water partition coefficient (Wildman–Crippen LogP) is 2.47. The summed E-state index contributed by atoms with van der Waals surface area (Å²) < 4.78 is 37.8. The molecule has 0 saturated carbocycles. The summed E-state index contributed by atoms with van der Waals surface area (Å²) in [5.41, 5.74) is -1.23. The van der Waals surface area contributed by atoms with Crippen molar-refractivity contribution in [1.29, 1.82) is 5.41 Å². The topological polar surface area (TPSA) is 53.0 Å². The molecule has 0 spiro atoms. The number of nitrogens with one attached hydrogen (secondary N) is 2. The third-order valence-corrected chi connectivity index (χ3v) is 1.99. The fourth-order valence-electron chi connectivity index (χ4n) is 1.24. The smallest absolute Gasteiger partial charge is 0.347 e. The van der Waals surface area contributed by atoms with Crippen LogP contribution in [0.5, 0.6) is 0 Å². The van der Waals surface area contributed by atoms with Crippen LogP contribution in [-0.4, -0.2) is 18.2 Å². The number of halogens is 3. The van der Waals surface area contributed by atoms with E-state index in [-0.39, 0.29) is 12.3 Å². The minimum absolute atomic E-state index is 0.0645. The van der Waals surface area contributed by atoms with E-state index in [4.69, 9.17) is 5.41 Å². The molecule has 0 aliphatic carbocycles. The standard InChI is InChI=1S/C11H11F3N2O/c1-7(15)6-16-10(17)8-4-2-3-5-9(8)11(12,13)14/h2-5,15H,6H2,1H3,(H,16,17). The highest BCUT2D eigenvalue weighted by atomic mass is 19.4. The first-order valence-corrected chi connectivity index (χ1v) is 4.81. The first-order valence-electron chi connectivity index (χ1n) is 4.81. The lowest BCUT2D eigenvalue weighted by Gasteiger charge is -2.12. The second-order valence-electron chi connectivity index (χ2n) is 3.51. The van der Waals surface area contributed by atoms with Crippen molar-refractivity contribution in [3.05, 3.63) is 35.4 Å². The molecule has 0 saturated heterocycles. The molecule has 92 valence electrons. The van der Waals surface area contributed by atoms with Crippen molar-refractivity contribution in [2.45, 2.75) is 13.1 Å². The molecule has 6 heteroatoms. The average molecular weight is 244 g/mol. The van der Waals surface area contributed by atoms with Gasteiger partial charge in [0.1, 0.15) is 0 Å². The molecule has 0 atom stereocenters. The van der Waals surface area contributed by atoms with Gasteiger partial charge in [0.2, 0.25) is 0 Å². The van der Waals surface area contributed by atoms with Crippen LogP contribution < -0.4 is 5.32 Å².